The van der Waals surface area contributed by atoms with E-state index in [2.05, 4.69) is 15.9 Å². The number of Topliss-reactive ketones (excluding diaryl/α,β-unsaturated/α-hetero) is 2. The highest BCUT2D eigenvalue weighted by molar-refractivity contribution is 9.10. The molecule has 0 aliphatic heterocycles. The summed E-state index contributed by atoms with van der Waals surface area (Å²) < 4.78 is 0.924. The Hall–Kier alpha value is -0.960. The summed E-state index contributed by atoms with van der Waals surface area (Å²) in [7, 11) is 0. The van der Waals surface area contributed by atoms with E-state index in [1.165, 1.54) is 0 Å². The van der Waals surface area contributed by atoms with Crippen molar-refractivity contribution in [3.8, 4) is 0 Å². The van der Waals surface area contributed by atoms with Crippen molar-refractivity contribution in [3.63, 3.8) is 0 Å². The zero-order chi connectivity index (χ0) is 12.8. The first kappa shape index (κ1) is 12.5. The van der Waals surface area contributed by atoms with Crippen LogP contribution in [0.3, 0.4) is 0 Å². The summed E-state index contributed by atoms with van der Waals surface area (Å²) in [5.74, 6) is -0.490. The maximum atomic E-state index is 12.2. The summed E-state index contributed by atoms with van der Waals surface area (Å²) >= 11 is 3.44. The number of fused-ring (bicyclic) bond motifs is 1. The molecule has 1 aliphatic carbocycles. The van der Waals surface area contributed by atoms with Gasteiger partial charge in [-0.1, -0.05) is 48.8 Å². The van der Waals surface area contributed by atoms with Crippen LogP contribution in [0.1, 0.15) is 36.7 Å². The van der Waals surface area contributed by atoms with Gasteiger partial charge in [0.15, 0.2) is 5.78 Å². The summed E-state index contributed by atoms with van der Waals surface area (Å²) in [4.78, 5) is 24.4. The standard InChI is InChI=1S/C14H15BrO2/c1-14(2,3)13(17)10-7-9-8(12(10)16)5-4-6-11(9)15/h4-6,10H,7H2,1-3H3. The SMILES string of the molecule is CC(C)(C)C(=O)C1Cc2c(Br)cccc2C1=O. The Balaban J connectivity index is 2.39. The molecule has 2 rings (SSSR count). The van der Waals surface area contributed by atoms with Gasteiger partial charge in [0.1, 0.15) is 5.78 Å². The second kappa shape index (κ2) is 4.05. The molecule has 0 saturated heterocycles. The molecular weight excluding hydrogens is 280 g/mol. The highest BCUT2D eigenvalue weighted by Gasteiger charge is 2.40. The largest absolute Gasteiger partial charge is 0.298 e. The van der Waals surface area contributed by atoms with Gasteiger partial charge in [-0.25, -0.2) is 0 Å². The van der Waals surface area contributed by atoms with Gasteiger partial charge in [-0.15, -0.1) is 0 Å². The number of carbonyl (C=O) groups is 2. The van der Waals surface area contributed by atoms with Gasteiger partial charge in [0, 0.05) is 15.5 Å². The van der Waals surface area contributed by atoms with Gasteiger partial charge in [0.2, 0.25) is 0 Å². The van der Waals surface area contributed by atoms with Crippen LogP contribution >= 0.6 is 15.9 Å². The van der Waals surface area contributed by atoms with Crippen molar-refractivity contribution in [2.75, 3.05) is 0 Å². The Labute approximate surface area is 110 Å². The van der Waals surface area contributed by atoms with E-state index in [0.717, 1.165) is 10.0 Å². The fourth-order valence-corrected chi connectivity index (χ4v) is 2.74. The van der Waals surface area contributed by atoms with Crippen LogP contribution < -0.4 is 0 Å². The molecule has 1 aromatic carbocycles. The second-order valence-electron chi connectivity index (χ2n) is 5.50. The van der Waals surface area contributed by atoms with E-state index < -0.39 is 11.3 Å². The minimum Gasteiger partial charge on any atom is -0.298 e. The lowest BCUT2D eigenvalue weighted by Crippen LogP contribution is -2.31. The monoisotopic (exact) mass is 294 g/mol. The van der Waals surface area contributed by atoms with Crippen molar-refractivity contribution in [1.82, 2.24) is 0 Å². The molecule has 3 heteroatoms. The van der Waals surface area contributed by atoms with Gasteiger partial charge < -0.3 is 0 Å². The molecule has 17 heavy (non-hydrogen) atoms. The fraction of sp³-hybridized carbons (Fsp3) is 0.429. The van der Waals surface area contributed by atoms with E-state index >= 15 is 0 Å². The summed E-state index contributed by atoms with van der Waals surface area (Å²) in [6.45, 7) is 5.59. The highest BCUT2D eigenvalue weighted by atomic mass is 79.9. The molecule has 90 valence electrons. The number of rotatable bonds is 1. The molecule has 0 bridgehead atoms. The first-order valence-corrected chi connectivity index (χ1v) is 6.47. The number of hydrogen-bond donors (Lipinski definition) is 0. The van der Waals surface area contributed by atoms with Crippen LogP contribution in [-0.4, -0.2) is 11.6 Å². The molecule has 0 N–H and O–H groups in total. The van der Waals surface area contributed by atoms with E-state index in [4.69, 9.17) is 0 Å². The zero-order valence-corrected chi connectivity index (χ0v) is 11.8. The first-order chi connectivity index (χ1) is 7.82. The van der Waals surface area contributed by atoms with Crippen LogP contribution in [0.5, 0.6) is 0 Å². The Morgan fingerprint density at radius 3 is 2.53 bits per heavy atom. The first-order valence-electron chi connectivity index (χ1n) is 5.68. The Morgan fingerprint density at radius 2 is 2.00 bits per heavy atom. The van der Waals surface area contributed by atoms with E-state index in [-0.39, 0.29) is 11.6 Å². The number of carbonyl (C=O) groups excluding carboxylic acids is 2. The lowest BCUT2D eigenvalue weighted by molar-refractivity contribution is -0.128. The van der Waals surface area contributed by atoms with Crippen LogP contribution in [-0.2, 0) is 11.2 Å². The normalized spacial score (nSPS) is 19.3. The summed E-state index contributed by atoms with van der Waals surface area (Å²) in [5.41, 5.74) is 1.21. The van der Waals surface area contributed by atoms with Crippen molar-refractivity contribution in [1.29, 1.82) is 0 Å². The molecule has 2 nitrogen and oxygen atoms in total. The van der Waals surface area contributed by atoms with E-state index in [1.54, 1.807) is 6.07 Å². The van der Waals surface area contributed by atoms with Crippen LogP contribution in [0.2, 0.25) is 0 Å². The third-order valence-electron chi connectivity index (χ3n) is 3.16. The zero-order valence-electron chi connectivity index (χ0n) is 10.2. The lowest BCUT2D eigenvalue weighted by atomic mass is 9.81. The molecule has 1 unspecified atom stereocenters. The summed E-state index contributed by atoms with van der Waals surface area (Å²) in [5, 5.41) is 0. The Kier molecular flexibility index (Phi) is 2.98. The molecule has 0 radical (unpaired) electrons. The minimum absolute atomic E-state index is 0.0266. The molecule has 0 saturated carbocycles. The van der Waals surface area contributed by atoms with Gasteiger partial charge in [0.05, 0.1) is 5.92 Å². The number of hydrogen-bond acceptors (Lipinski definition) is 2. The van der Waals surface area contributed by atoms with Crippen LogP contribution in [0, 0.1) is 11.3 Å². The number of ketones is 2. The third-order valence-corrected chi connectivity index (χ3v) is 3.91. The molecule has 0 aromatic heterocycles. The van der Waals surface area contributed by atoms with E-state index in [1.807, 2.05) is 32.9 Å². The van der Waals surface area contributed by atoms with Crippen LogP contribution in [0.25, 0.3) is 0 Å². The summed E-state index contributed by atoms with van der Waals surface area (Å²) in [6.07, 6.45) is 0.533. The molecule has 1 aromatic rings. The molecular formula is C14H15BrO2. The maximum absolute atomic E-state index is 12.2. The Morgan fingerprint density at radius 1 is 1.35 bits per heavy atom. The predicted octanol–water partition coefficient (Wildman–Crippen LogP) is 3.42. The molecule has 0 spiro atoms. The highest BCUT2D eigenvalue weighted by Crippen LogP contribution is 2.35. The summed E-state index contributed by atoms with van der Waals surface area (Å²) in [6, 6.07) is 5.55. The van der Waals surface area contributed by atoms with Gasteiger partial charge >= 0.3 is 0 Å². The van der Waals surface area contributed by atoms with Gasteiger partial charge in [-0.2, -0.15) is 0 Å². The smallest absolute Gasteiger partial charge is 0.173 e. The minimum atomic E-state index is -0.497. The van der Waals surface area contributed by atoms with Crippen molar-refractivity contribution < 1.29 is 9.59 Å². The van der Waals surface area contributed by atoms with E-state index in [0.29, 0.717) is 12.0 Å². The third kappa shape index (κ3) is 2.08. The van der Waals surface area contributed by atoms with Gasteiger partial charge in [-0.3, -0.25) is 9.59 Å². The van der Waals surface area contributed by atoms with Gasteiger partial charge in [-0.05, 0) is 18.1 Å². The molecule has 0 amide bonds. The average molecular weight is 295 g/mol. The molecule has 0 fully saturated rings. The van der Waals surface area contributed by atoms with Crippen molar-refractivity contribution in [3.05, 3.63) is 33.8 Å². The Bertz CT molecular complexity index is 497. The van der Waals surface area contributed by atoms with Crippen LogP contribution in [0.4, 0.5) is 0 Å². The maximum Gasteiger partial charge on any atom is 0.173 e. The molecule has 1 aliphatic rings. The lowest BCUT2D eigenvalue weighted by Gasteiger charge is -2.20. The van der Waals surface area contributed by atoms with Crippen molar-refractivity contribution in [2.45, 2.75) is 27.2 Å². The van der Waals surface area contributed by atoms with Crippen molar-refractivity contribution in [2.24, 2.45) is 11.3 Å². The second-order valence-corrected chi connectivity index (χ2v) is 6.36. The predicted molar refractivity (Wildman–Crippen MR) is 70.1 cm³/mol. The number of halogens is 1. The topological polar surface area (TPSA) is 34.1 Å². The van der Waals surface area contributed by atoms with Crippen molar-refractivity contribution >= 4 is 27.5 Å². The molecule has 0 heterocycles. The quantitative estimate of drug-likeness (QED) is 0.744. The fourth-order valence-electron chi connectivity index (χ4n) is 2.22. The average Bonchev–Trinajstić information content (AvgIpc) is 2.56. The van der Waals surface area contributed by atoms with Crippen LogP contribution in [0.15, 0.2) is 22.7 Å². The van der Waals surface area contributed by atoms with Gasteiger partial charge in [0.25, 0.3) is 0 Å². The number of benzene rings is 1. The van der Waals surface area contributed by atoms with E-state index in [9.17, 15) is 9.59 Å². The molecule has 1 atom stereocenters.